The predicted molar refractivity (Wildman–Crippen MR) is 75.7 cm³/mol. The molecular weight excluding hydrogens is 270 g/mol. The van der Waals surface area contributed by atoms with E-state index in [2.05, 4.69) is 10.6 Å². The number of methoxy groups -OCH3 is 1. The first-order valence-electron chi connectivity index (χ1n) is 5.48. The zero-order valence-electron chi connectivity index (χ0n) is 10.9. The number of amides is 2. The summed E-state index contributed by atoms with van der Waals surface area (Å²) in [5.41, 5.74) is 6.67. The lowest BCUT2D eigenvalue weighted by molar-refractivity contribution is -0.123. The lowest BCUT2D eigenvalue weighted by atomic mass is 10.2. The number of aryl methyl sites for hydroxylation is 1. The van der Waals surface area contributed by atoms with E-state index in [9.17, 15) is 9.59 Å². The van der Waals surface area contributed by atoms with Gasteiger partial charge in [-0.1, -0.05) is 0 Å². The lowest BCUT2D eigenvalue weighted by Gasteiger charge is -2.10. The second kappa shape index (κ2) is 8.34. The van der Waals surface area contributed by atoms with Crippen LogP contribution < -0.4 is 21.1 Å². The van der Waals surface area contributed by atoms with Gasteiger partial charge >= 0.3 is 0 Å². The fourth-order valence-electron chi connectivity index (χ4n) is 1.35. The molecule has 0 aliphatic carbocycles. The van der Waals surface area contributed by atoms with Gasteiger partial charge in [-0.2, -0.15) is 0 Å². The van der Waals surface area contributed by atoms with Crippen LogP contribution in [0.1, 0.15) is 5.56 Å². The van der Waals surface area contributed by atoms with Gasteiger partial charge in [0, 0.05) is 5.69 Å². The number of ether oxygens (including phenoxy) is 1. The molecule has 2 amide bonds. The summed E-state index contributed by atoms with van der Waals surface area (Å²) in [6.45, 7) is 1.63. The minimum absolute atomic E-state index is 0. The molecule has 0 spiro atoms. The van der Waals surface area contributed by atoms with Crippen LogP contribution in [0.5, 0.6) is 5.75 Å². The monoisotopic (exact) mass is 287 g/mol. The van der Waals surface area contributed by atoms with Gasteiger partial charge in [-0.3, -0.25) is 9.59 Å². The normalized spacial score (nSPS) is 9.21. The highest BCUT2D eigenvalue weighted by Crippen LogP contribution is 2.20. The van der Waals surface area contributed by atoms with Crippen molar-refractivity contribution < 1.29 is 14.3 Å². The van der Waals surface area contributed by atoms with E-state index < -0.39 is 0 Å². The predicted octanol–water partition coefficient (Wildman–Crippen LogP) is 0.439. The number of hydrogen-bond donors (Lipinski definition) is 3. The highest BCUT2D eigenvalue weighted by Gasteiger charge is 2.06. The highest BCUT2D eigenvalue weighted by molar-refractivity contribution is 5.95. The number of rotatable bonds is 5. The molecule has 0 saturated heterocycles. The van der Waals surface area contributed by atoms with Crippen LogP contribution in [0.4, 0.5) is 5.69 Å². The largest absolute Gasteiger partial charge is 0.497 e. The molecule has 0 saturated carbocycles. The van der Waals surface area contributed by atoms with Gasteiger partial charge in [0.25, 0.3) is 0 Å². The zero-order chi connectivity index (χ0) is 13.5. The molecule has 1 aromatic rings. The van der Waals surface area contributed by atoms with E-state index in [4.69, 9.17) is 10.5 Å². The lowest BCUT2D eigenvalue weighted by Crippen LogP contribution is -2.36. The van der Waals surface area contributed by atoms with Crippen molar-refractivity contribution in [2.75, 3.05) is 25.5 Å². The molecule has 1 aromatic carbocycles. The molecule has 0 heterocycles. The van der Waals surface area contributed by atoms with E-state index >= 15 is 0 Å². The van der Waals surface area contributed by atoms with Crippen LogP contribution in [-0.4, -0.2) is 32.0 Å². The summed E-state index contributed by atoms with van der Waals surface area (Å²) < 4.78 is 5.06. The van der Waals surface area contributed by atoms with Crippen LogP contribution in [0.3, 0.4) is 0 Å². The number of halogens is 1. The van der Waals surface area contributed by atoms with Crippen molar-refractivity contribution in [2.45, 2.75) is 6.92 Å². The minimum atomic E-state index is -0.364. The maximum atomic E-state index is 11.5. The smallest absolute Gasteiger partial charge is 0.243 e. The van der Waals surface area contributed by atoms with Gasteiger partial charge < -0.3 is 21.1 Å². The SMILES string of the molecule is COc1ccc(NC(=O)CNC(=O)CN)c(C)c1.Cl. The Morgan fingerprint density at radius 1 is 1.32 bits per heavy atom. The van der Waals surface area contributed by atoms with Crippen molar-refractivity contribution in [3.8, 4) is 5.75 Å². The summed E-state index contributed by atoms with van der Waals surface area (Å²) in [5.74, 6) is 0.0589. The molecule has 0 unspecified atom stereocenters. The molecule has 0 radical (unpaired) electrons. The Bertz CT molecular complexity index is 452. The van der Waals surface area contributed by atoms with Crippen molar-refractivity contribution in [3.63, 3.8) is 0 Å². The van der Waals surface area contributed by atoms with Crippen molar-refractivity contribution in [3.05, 3.63) is 23.8 Å². The van der Waals surface area contributed by atoms with Gasteiger partial charge in [-0.05, 0) is 30.7 Å². The molecule has 6 nitrogen and oxygen atoms in total. The Hall–Kier alpha value is -1.79. The summed E-state index contributed by atoms with van der Waals surface area (Å²) in [5, 5.41) is 5.08. The third kappa shape index (κ3) is 5.58. The van der Waals surface area contributed by atoms with E-state index in [1.54, 1.807) is 19.2 Å². The number of benzene rings is 1. The Morgan fingerprint density at radius 2 is 2.00 bits per heavy atom. The number of anilines is 1. The molecule has 0 aliphatic heterocycles. The molecule has 106 valence electrons. The summed E-state index contributed by atoms with van der Waals surface area (Å²) in [6, 6.07) is 5.31. The Labute approximate surface area is 118 Å². The van der Waals surface area contributed by atoms with Crippen LogP contribution in [0.25, 0.3) is 0 Å². The number of hydrogen-bond acceptors (Lipinski definition) is 4. The van der Waals surface area contributed by atoms with Gasteiger partial charge in [0.15, 0.2) is 0 Å². The molecule has 0 atom stereocenters. The van der Waals surface area contributed by atoms with Crippen molar-refractivity contribution in [1.29, 1.82) is 0 Å². The molecule has 19 heavy (non-hydrogen) atoms. The molecule has 0 fully saturated rings. The summed E-state index contributed by atoms with van der Waals surface area (Å²) in [6.07, 6.45) is 0. The van der Waals surface area contributed by atoms with E-state index in [-0.39, 0.29) is 37.3 Å². The quantitative estimate of drug-likeness (QED) is 0.732. The summed E-state index contributed by atoms with van der Waals surface area (Å²) in [7, 11) is 1.58. The van der Waals surface area contributed by atoms with Crippen LogP contribution in [-0.2, 0) is 9.59 Å². The first-order chi connectivity index (χ1) is 8.56. The van der Waals surface area contributed by atoms with E-state index in [1.807, 2.05) is 13.0 Å². The Morgan fingerprint density at radius 3 is 2.53 bits per heavy atom. The maximum absolute atomic E-state index is 11.5. The van der Waals surface area contributed by atoms with Crippen LogP contribution in [0.2, 0.25) is 0 Å². The Balaban J connectivity index is 0.00000324. The number of carbonyl (C=O) groups excluding carboxylic acids is 2. The van der Waals surface area contributed by atoms with Gasteiger partial charge in [-0.25, -0.2) is 0 Å². The average molecular weight is 288 g/mol. The van der Waals surface area contributed by atoms with Crippen LogP contribution in [0.15, 0.2) is 18.2 Å². The second-order valence-electron chi connectivity index (χ2n) is 3.71. The van der Waals surface area contributed by atoms with Crippen molar-refractivity contribution >= 4 is 29.9 Å². The third-order valence-electron chi connectivity index (χ3n) is 2.34. The van der Waals surface area contributed by atoms with Gasteiger partial charge in [0.05, 0.1) is 20.2 Å². The fourth-order valence-corrected chi connectivity index (χ4v) is 1.35. The number of nitrogens with one attached hydrogen (secondary N) is 2. The molecule has 4 N–H and O–H groups in total. The van der Waals surface area contributed by atoms with E-state index in [1.165, 1.54) is 0 Å². The molecule has 0 aromatic heterocycles. The van der Waals surface area contributed by atoms with Gasteiger partial charge in [0.2, 0.25) is 11.8 Å². The van der Waals surface area contributed by atoms with Crippen LogP contribution in [0, 0.1) is 6.92 Å². The molecular formula is C12H18ClN3O3. The molecule has 1 rings (SSSR count). The first-order valence-corrected chi connectivity index (χ1v) is 5.48. The van der Waals surface area contributed by atoms with Crippen molar-refractivity contribution in [1.82, 2.24) is 5.32 Å². The van der Waals surface area contributed by atoms with E-state index in [0.29, 0.717) is 5.69 Å². The Kier molecular flexibility index (Phi) is 7.55. The van der Waals surface area contributed by atoms with Gasteiger partial charge in [-0.15, -0.1) is 12.4 Å². The summed E-state index contributed by atoms with van der Waals surface area (Å²) >= 11 is 0. The minimum Gasteiger partial charge on any atom is -0.497 e. The molecule has 0 bridgehead atoms. The summed E-state index contributed by atoms with van der Waals surface area (Å²) in [4.78, 5) is 22.4. The van der Waals surface area contributed by atoms with E-state index in [0.717, 1.165) is 11.3 Å². The molecule has 0 aliphatic rings. The zero-order valence-corrected chi connectivity index (χ0v) is 11.7. The first kappa shape index (κ1) is 17.2. The van der Waals surface area contributed by atoms with Gasteiger partial charge in [0.1, 0.15) is 5.75 Å². The van der Waals surface area contributed by atoms with Crippen molar-refractivity contribution in [2.24, 2.45) is 5.73 Å². The molecule has 7 heteroatoms. The number of nitrogens with two attached hydrogens (primary N) is 1. The topological polar surface area (TPSA) is 93.5 Å². The third-order valence-corrected chi connectivity index (χ3v) is 2.34. The number of carbonyl (C=O) groups is 2. The average Bonchev–Trinajstić information content (AvgIpc) is 2.38. The highest BCUT2D eigenvalue weighted by atomic mass is 35.5. The second-order valence-corrected chi connectivity index (χ2v) is 3.71. The fraction of sp³-hybridized carbons (Fsp3) is 0.333. The maximum Gasteiger partial charge on any atom is 0.243 e. The standard InChI is InChI=1S/C12H17N3O3.ClH/c1-8-5-9(18-2)3-4-10(8)15-12(17)7-14-11(16)6-13;/h3-5H,6-7,13H2,1-2H3,(H,14,16)(H,15,17);1H. The van der Waals surface area contributed by atoms with Crippen LogP contribution >= 0.6 is 12.4 Å².